The molecule has 21 heavy (non-hydrogen) atoms. The molecule has 0 spiro atoms. The summed E-state index contributed by atoms with van der Waals surface area (Å²) in [6.45, 7) is 0. The van der Waals surface area contributed by atoms with Crippen LogP contribution >= 0.6 is 23.4 Å². The molecule has 1 amide bonds. The zero-order chi connectivity index (χ0) is 15.1. The number of benzene rings is 2. The summed E-state index contributed by atoms with van der Waals surface area (Å²) < 4.78 is 5.07. The lowest BCUT2D eigenvalue weighted by Gasteiger charge is -2.07. The number of methoxy groups -OCH3 is 1. The molecule has 0 fully saturated rings. The van der Waals surface area contributed by atoms with Gasteiger partial charge in [-0.3, -0.25) is 4.79 Å². The minimum Gasteiger partial charge on any atom is -0.497 e. The molecule has 2 rings (SSSR count). The highest BCUT2D eigenvalue weighted by atomic mass is 35.5. The average Bonchev–Trinajstić information content (AvgIpc) is 2.50. The molecule has 0 aromatic heterocycles. The van der Waals surface area contributed by atoms with Crippen LogP contribution in [-0.2, 0) is 4.79 Å². The lowest BCUT2D eigenvalue weighted by atomic mass is 10.3. The predicted molar refractivity (Wildman–Crippen MR) is 88.4 cm³/mol. The second-order valence-electron chi connectivity index (χ2n) is 4.31. The summed E-state index contributed by atoms with van der Waals surface area (Å²) in [6, 6.07) is 14.9. The number of rotatable bonds is 6. The van der Waals surface area contributed by atoms with Crippen LogP contribution in [0.5, 0.6) is 5.75 Å². The van der Waals surface area contributed by atoms with E-state index < -0.39 is 0 Å². The molecule has 3 nitrogen and oxygen atoms in total. The van der Waals surface area contributed by atoms with Crippen LogP contribution in [0.1, 0.15) is 6.42 Å². The molecule has 0 saturated carbocycles. The van der Waals surface area contributed by atoms with Gasteiger partial charge in [-0.25, -0.2) is 0 Å². The van der Waals surface area contributed by atoms with Gasteiger partial charge in [0, 0.05) is 22.8 Å². The van der Waals surface area contributed by atoms with Gasteiger partial charge in [-0.2, -0.15) is 0 Å². The molecule has 0 bridgehead atoms. The lowest BCUT2D eigenvalue weighted by molar-refractivity contribution is -0.115. The van der Waals surface area contributed by atoms with Gasteiger partial charge in [-0.05, 0) is 36.4 Å². The second kappa shape index (κ2) is 7.96. The largest absolute Gasteiger partial charge is 0.497 e. The maximum absolute atomic E-state index is 11.9. The van der Waals surface area contributed by atoms with Crippen LogP contribution in [0, 0.1) is 0 Å². The molecule has 0 saturated heterocycles. The van der Waals surface area contributed by atoms with Crippen LogP contribution in [0.25, 0.3) is 0 Å². The molecule has 5 heteroatoms. The van der Waals surface area contributed by atoms with Gasteiger partial charge in [0.1, 0.15) is 5.75 Å². The fourth-order valence-electron chi connectivity index (χ4n) is 1.71. The molecular formula is C16H16ClNO2S. The van der Waals surface area contributed by atoms with Gasteiger partial charge in [0.15, 0.2) is 0 Å². The lowest BCUT2D eigenvalue weighted by Crippen LogP contribution is -2.12. The van der Waals surface area contributed by atoms with Crippen molar-refractivity contribution in [1.82, 2.24) is 0 Å². The molecule has 0 atom stereocenters. The molecule has 110 valence electrons. The third-order valence-electron chi connectivity index (χ3n) is 2.80. The van der Waals surface area contributed by atoms with Gasteiger partial charge in [0.25, 0.3) is 0 Å². The van der Waals surface area contributed by atoms with Crippen molar-refractivity contribution < 1.29 is 9.53 Å². The Bertz CT molecular complexity index is 601. The number of amides is 1. The van der Waals surface area contributed by atoms with Crippen LogP contribution < -0.4 is 10.1 Å². The Balaban J connectivity index is 1.78. The van der Waals surface area contributed by atoms with Crippen LogP contribution in [0.2, 0.25) is 5.02 Å². The Hall–Kier alpha value is -1.65. The summed E-state index contributed by atoms with van der Waals surface area (Å²) in [5.74, 6) is 1.44. The minimum atomic E-state index is -0.0141. The average molecular weight is 322 g/mol. The van der Waals surface area contributed by atoms with Crippen molar-refractivity contribution >= 4 is 35.0 Å². The van der Waals surface area contributed by atoms with E-state index in [1.165, 1.54) is 0 Å². The van der Waals surface area contributed by atoms with Crippen molar-refractivity contribution in [2.45, 2.75) is 11.3 Å². The Morgan fingerprint density at radius 3 is 2.57 bits per heavy atom. The van der Waals surface area contributed by atoms with Gasteiger partial charge >= 0.3 is 0 Å². The van der Waals surface area contributed by atoms with E-state index in [2.05, 4.69) is 5.32 Å². The van der Waals surface area contributed by atoms with Crippen molar-refractivity contribution in [1.29, 1.82) is 0 Å². The van der Waals surface area contributed by atoms with Crippen molar-refractivity contribution in [3.05, 3.63) is 53.6 Å². The van der Waals surface area contributed by atoms with E-state index in [-0.39, 0.29) is 5.91 Å². The van der Waals surface area contributed by atoms with Gasteiger partial charge < -0.3 is 10.1 Å². The number of halogens is 1. The highest BCUT2D eigenvalue weighted by molar-refractivity contribution is 7.99. The van der Waals surface area contributed by atoms with Gasteiger partial charge in [-0.1, -0.05) is 23.7 Å². The first kappa shape index (κ1) is 15.7. The van der Waals surface area contributed by atoms with Crippen molar-refractivity contribution in [3.8, 4) is 5.75 Å². The Morgan fingerprint density at radius 1 is 1.19 bits per heavy atom. The quantitative estimate of drug-likeness (QED) is 0.798. The number of hydrogen-bond acceptors (Lipinski definition) is 3. The van der Waals surface area contributed by atoms with Crippen molar-refractivity contribution in [2.75, 3.05) is 18.2 Å². The smallest absolute Gasteiger partial charge is 0.225 e. The van der Waals surface area contributed by atoms with E-state index in [9.17, 15) is 4.79 Å². The molecule has 0 radical (unpaired) electrons. The normalized spacial score (nSPS) is 10.2. The van der Waals surface area contributed by atoms with E-state index in [0.29, 0.717) is 12.2 Å². The maximum atomic E-state index is 11.9. The Labute approximate surface area is 133 Å². The first-order chi connectivity index (χ1) is 10.2. The fraction of sp³-hybridized carbons (Fsp3) is 0.188. The molecule has 0 aliphatic carbocycles. The van der Waals surface area contributed by atoms with Crippen LogP contribution in [0.3, 0.4) is 0 Å². The topological polar surface area (TPSA) is 38.3 Å². The molecule has 2 aromatic rings. The van der Waals surface area contributed by atoms with E-state index in [1.54, 1.807) is 18.9 Å². The molecule has 0 unspecified atom stereocenters. The van der Waals surface area contributed by atoms with E-state index >= 15 is 0 Å². The first-order valence-electron chi connectivity index (χ1n) is 6.50. The minimum absolute atomic E-state index is 0.0141. The molecule has 0 aliphatic heterocycles. The molecule has 2 aromatic carbocycles. The highest BCUT2D eigenvalue weighted by Gasteiger charge is 2.05. The second-order valence-corrected chi connectivity index (χ2v) is 5.85. The Kier molecular flexibility index (Phi) is 5.96. The summed E-state index contributed by atoms with van der Waals surface area (Å²) in [5, 5.41) is 3.57. The number of nitrogens with one attached hydrogen (secondary N) is 1. The number of carbonyl (C=O) groups excluding carboxylic acids is 1. The molecule has 0 heterocycles. The van der Waals surface area contributed by atoms with E-state index in [0.717, 1.165) is 21.4 Å². The third kappa shape index (κ3) is 4.99. The zero-order valence-corrected chi connectivity index (χ0v) is 13.2. The summed E-state index contributed by atoms with van der Waals surface area (Å²) in [7, 11) is 1.61. The van der Waals surface area contributed by atoms with Gasteiger partial charge in [-0.15, -0.1) is 11.8 Å². The van der Waals surface area contributed by atoms with E-state index in [4.69, 9.17) is 16.3 Å². The van der Waals surface area contributed by atoms with Crippen molar-refractivity contribution in [2.24, 2.45) is 0 Å². The monoisotopic (exact) mass is 321 g/mol. The number of carbonyl (C=O) groups is 1. The Morgan fingerprint density at radius 2 is 1.90 bits per heavy atom. The molecule has 1 N–H and O–H groups in total. The van der Waals surface area contributed by atoms with E-state index in [1.807, 2.05) is 48.5 Å². The third-order valence-corrected chi connectivity index (χ3v) is 4.31. The summed E-state index contributed by atoms with van der Waals surface area (Å²) in [6.07, 6.45) is 0.432. The van der Waals surface area contributed by atoms with Crippen LogP contribution in [0.4, 0.5) is 5.69 Å². The summed E-state index contributed by atoms with van der Waals surface area (Å²) in [4.78, 5) is 12.9. The van der Waals surface area contributed by atoms with Crippen molar-refractivity contribution in [3.63, 3.8) is 0 Å². The fourth-order valence-corrected chi connectivity index (χ4v) is 2.90. The molecular weight excluding hydrogens is 306 g/mol. The summed E-state index contributed by atoms with van der Waals surface area (Å²) in [5.41, 5.74) is 0.767. The SMILES string of the molecule is COc1ccc(NC(=O)CCSc2ccccc2Cl)cc1. The molecule has 0 aliphatic rings. The standard InChI is InChI=1S/C16H16ClNO2S/c1-20-13-8-6-12(7-9-13)18-16(19)10-11-21-15-5-3-2-4-14(15)17/h2-9H,10-11H2,1H3,(H,18,19). The van der Waals surface area contributed by atoms with Gasteiger partial charge in [0.2, 0.25) is 5.91 Å². The summed E-state index contributed by atoms with van der Waals surface area (Å²) >= 11 is 7.64. The maximum Gasteiger partial charge on any atom is 0.225 e. The number of thioether (sulfide) groups is 1. The van der Waals surface area contributed by atoms with Crippen LogP contribution in [-0.4, -0.2) is 18.8 Å². The zero-order valence-electron chi connectivity index (χ0n) is 11.6. The predicted octanol–water partition coefficient (Wildman–Crippen LogP) is 4.47. The first-order valence-corrected chi connectivity index (χ1v) is 7.86. The highest BCUT2D eigenvalue weighted by Crippen LogP contribution is 2.27. The van der Waals surface area contributed by atoms with Crippen LogP contribution in [0.15, 0.2) is 53.4 Å². The van der Waals surface area contributed by atoms with Gasteiger partial charge in [0.05, 0.1) is 12.1 Å². The number of hydrogen-bond donors (Lipinski definition) is 1. The number of anilines is 1. The number of ether oxygens (including phenoxy) is 1.